The fourth-order valence-corrected chi connectivity index (χ4v) is 6.38. The average Bonchev–Trinajstić information content (AvgIpc) is 3.45. The molecule has 4 rings (SSSR count). The zero-order chi connectivity index (χ0) is 32.6. The van der Waals surface area contributed by atoms with E-state index in [1.54, 1.807) is 12.1 Å². The van der Waals surface area contributed by atoms with Crippen LogP contribution in [-0.2, 0) is 14.3 Å². The molecule has 1 fully saturated rings. The molecule has 6 N–H and O–H groups in total. The van der Waals surface area contributed by atoms with Crippen LogP contribution in [0.4, 0.5) is 0 Å². The van der Waals surface area contributed by atoms with E-state index in [1.165, 1.54) is 37.5 Å². The molecule has 2 aromatic carbocycles. The zero-order valence-electron chi connectivity index (χ0n) is 25.5. The van der Waals surface area contributed by atoms with Crippen LogP contribution in [0.5, 0.6) is 5.75 Å². The third kappa shape index (κ3) is 8.46. The maximum absolute atomic E-state index is 12.9. The SMILES string of the molecule is CCCCCCC/C=C/c1ccc(-c2nc3ccccc3s2)c(OC2(C(=O)O)C[C@H](O)[C@@H](NC(C)=O)[C@@H]([C@H](O)[C@H](O)CO)O2)c1. The molecule has 244 valence electrons. The molecular formula is C33H42N2O9S. The number of carboxylic acid groups (broad SMARTS) is 1. The molecule has 1 unspecified atom stereocenters. The van der Waals surface area contributed by atoms with Gasteiger partial charge in [-0.25, -0.2) is 9.78 Å². The van der Waals surface area contributed by atoms with Crippen LogP contribution >= 0.6 is 11.3 Å². The number of aliphatic hydroxyl groups is 4. The Morgan fingerprint density at radius 2 is 1.93 bits per heavy atom. The highest BCUT2D eigenvalue weighted by Crippen LogP contribution is 2.41. The van der Waals surface area contributed by atoms with Crippen LogP contribution < -0.4 is 10.1 Å². The van der Waals surface area contributed by atoms with Crippen LogP contribution in [0.3, 0.4) is 0 Å². The van der Waals surface area contributed by atoms with Crippen LogP contribution in [-0.4, -0.2) is 85.2 Å². The first-order valence-electron chi connectivity index (χ1n) is 15.3. The minimum absolute atomic E-state index is 0.114. The molecule has 0 bridgehead atoms. The molecule has 1 aliphatic rings. The van der Waals surface area contributed by atoms with Gasteiger partial charge in [0.15, 0.2) is 0 Å². The molecule has 1 saturated heterocycles. The molecule has 1 amide bonds. The lowest BCUT2D eigenvalue weighted by Crippen LogP contribution is -2.68. The summed E-state index contributed by atoms with van der Waals surface area (Å²) in [7, 11) is 0. The second-order valence-electron chi connectivity index (χ2n) is 11.3. The van der Waals surface area contributed by atoms with E-state index in [4.69, 9.17) is 14.5 Å². The summed E-state index contributed by atoms with van der Waals surface area (Å²) in [5, 5.41) is 55.1. The van der Waals surface area contributed by atoms with Crippen molar-refractivity contribution in [2.24, 2.45) is 0 Å². The summed E-state index contributed by atoms with van der Waals surface area (Å²) in [6, 6.07) is 11.6. The number of aliphatic hydroxyl groups excluding tert-OH is 4. The molecule has 2 heterocycles. The summed E-state index contributed by atoms with van der Waals surface area (Å²) >= 11 is 1.40. The molecule has 1 aromatic heterocycles. The fourth-order valence-electron chi connectivity index (χ4n) is 5.39. The molecule has 1 aliphatic heterocycles. The number of rotatable bonds is 15. The van der Waals surface area contributed by atoms with Crippen molar-refractivity contribution in [2.75, 3.05) is 6.61 Å². The summed E-state index contributed by atoms with van der Waals surface area (Å²) < 4.78 is 13.0. The highest BCUT2D eigenvalue weighted by Gasteiger charge is 2.57. The Morgan fingerprint density at radius 3 is 2.62 bits per heavy atom. The topological polar surface area (TPSA) is 179 Å². The molecule has 12 heteroatoms. The number of benzene rings is 2. The number of unbranched alkanes of at least 4 members (excludes halogenated alkanes) is 5. The van der Waals surface area contributed by atoms with E-state index in [0.717, 1.165) is 35.0 Å². The maximum atomic E-state index is 12.9. The molecule has 45 heavy (non-hydrogen) atoms. The van der Waals surface area contributed by atoms with Crippen molar-refractivity contribution in [3.63, 3.8) is 0 Å². The third-order valence-corrected chi connectivity index (χ3v) is 8.85. The molecule has 3 aromatic rings. The number of ether oxygens (including phenoxy) is 2. The van der Waals surface area contributed by atoms with Gasteiger partial charge >= 0.3 is 11.8 Å². The lowest BCUT2D eigenvalue weighted by atomic mass is 9.88. The number of aliphatic carboxylic acids is 1. The van der Waals surface area contributed by atoms with Gasteiger partial charge in [-0.3, -0.25) is 4.79 Å². The van der Waals surface area contributed by atoms with Crippen molar-refractivity contribution < 1.29 is 44.6 Å². The van der Waals surface area contributed by atoms with Crippen molar-refractivity contribution in [2.45, 2.75) is 95.0 Å². The minimum Gasteiger partial charge on any atom is -0.476 e. The highest BCUT2D eigenvalue weighted by atomic mass is 32.1. The van der Waals surface area contributed by atoms with Crippen LogP contribution in [0.25, 0.3) is 26.9 Å². The monoisotopic (exact) mass is 642 g/mol. The zero-order valence-corrected chi connectivity index (χ0v) is 26.3. The van der Waals surface area contributed by atoms with Crippen molar-refractivity contribution in [1.82, 2.24) is 10.3 Å². The largest absolute Gasteiger partial charge is 0.476 e. The van der Waals surface area contributed by atoms with Gasteiger partial charge in [0.2, 0.25) is 5.91 Å². The number of carbonyl (C=O) groups is 2. The molecule has 6 atom stereocenters. The number of fused-ring (bicyclic) bond motifs is 1. The Kier molecular flexibility index (Phi) is 12.1. The number of carbonyl (C=O) groups excluding carboxylic acids is 1. The number of allylic oxidation sites excluding steroid dienone is 1. The number of aromatic nitrogens is 1. The van der Waals surface area contributed by atoms with Gasteiger partial charge in [-0.05, 0) is 42.7 Å². The highest BCUT2D eigenvalue weighted by molar-refractivity contribution is 7.21. The summed E-state index contributed by atoms with van der Waals surface area (Å²) in [5.74, 6) is -4.60. The lowest BCUT2D eigenvalue weighted by Gasteiger charge is -2.46. The minimum atomic E-state index is -2.54. The van der Waals surface area contributed by atoms with Crippen molar-refractivity contribution in [3.8, 4) is 16.3 Å². The van der Waals surface area contributed by atoms with Gasteiger partial charge in [-0.15, -0.1) is 11.3 Å². The molecular weight excluding hydrogens is 600 g/mol. The van der Waals surface area contributed by atoms with Crippen LogP contribution in [0.15, 0.2) is 48.5 Å². The predicted molar refractivity (Wildman–Crippen MR) is 171 cm³/mol. The Hall–Kier alpha value is -3.39. The van der Waals surface area contributed by atoms with Crippen molar-refractivity contribution in [1.29, 1.82) is 0 Å². The maximum Gasteiger partial charge on any atom is 0.377 e. The molecule has 0 saturated carbocycles. The average molecular weight is 643 g/mol. The Balaban J connectivity index is 1.73. The van der Waals surface area contributed by atoms with E-state index in [0.29, 0.717) is 10.6 Å². The quantitative estimate of drug-likeness (QED) is 0.133. The smallest absolute Gasteiger partial charge is 0.377 e. The van der Waals surface area contributed by atoms with Crippen molar-refractivity contribution >= 4 is 39.5 Å². The predicted octanol–water partition coefficient (Wildman–Crippen LogP) is 3.87. The molecule has 0 aliphatic carbocycles. The summed E-state index contributed by atoms with van der Waals surface area (Å²) in [6.45, 7) is 2.48. The fraction of sp³-hybridized carbons (Fsp3) is 0.485. The summed E-state index contributed by atoms with van der Waals surface area (Å²) in [6.07, 6.45) is 3.16. The summed E-state index contributed by atoms with van der Waals surface area (Å²) in [5.41, 5.74) is 1.99. The van der Waals surface area contributed by atoms with E-state index in [9.17, 15) is 35.1 Å². The number of amides is 1. The van der Waals surface area contributed by atoms with E-state index in [1.807, 2.05) is 36.4 Å². The van der Waals surface area contributed by atoms with Gasteiger partial charge in [0.25, 0.3) is 0 Å². The Bertz CT molecular complexity index is 1440. The number of nitrogens with one attached hydrogen (secondary N) is 1. The number of para-hydroxylation sites is 1. The van der Waals surface area contributed by atoms with E-state index < -0.39 is 61.1 Å². The first kappa shape index (κ1) is 34.5. The van der Waals surface area contributed by atoms with Gasteiger partial charge in [-0.2, -0.15) is 0 Å². The van der Waals surface area contributed by atoms with Gasteiger partial charge < -0.3 is 40.3 Å². The number of nitrogens with zero attached hydrogens (tertiary/aromatic N) is 1. The number of thiazole rings is 1. The number of carboxylic acids is 1. The van der Waals surface area contributed by atoms with Crippen LogP contribution in [0.2, 0.25) is 0 Å². The van der Waals surface area contributed by atoms with Gasteiger partial charge in [-0.1, -0.05) is 63.0 Å². The van der Waals surface area contributed by atoms with E-state index in [-0.39, 0.29) is 5.75 Å². The normalized spacial score (nSPS) is 23.2. The van der Waals surface area contributed by atoms with Gasteiger partial charge in [0.05, 0.1) is 41.0 Å². The van der Waals surface area contributed by atoms with Crippen molar-refractivity contribution in [3.05, 3.63) is 54.1 Å². The van der Waals surface area contributed by atoms with Gasteiger partial charge in [0.1, 0.15) is 29.1 Å². The molecule has 11 nitrogen and oxygen atoms in total. The van der Waals surface area contributed by atoms with E-state index >= 15 is 0 Å². The summed E-state index contributed by atoms with van der Waals surface area (Å²) in [4.78, 5) is 29.5. The second kappa shape index (κ2) is 15.7. The number of hydrogen-bond acceptors (Lipinski definition) is 10. The first-order chi connectivity index (χ1) is 21.6. The Morgan fingerprint density at radius 1 is 1.18 bits per heavy atom. The number of hydrogen-bond donors (Lipinski definition) is 6. The molecule has 0 radical (unpaired) electrons. The molecule has 0 spiro atoms. The lowest BCUT2D eigenvalue weighted by molar-refractivity contribution is -0.284. The second-order valence-corrected chi connectivity index (χ2v) is 12.4. The van der Waals surface area contributed by atoms with Crippen LogP contribution in [0.1, 0.15) is 64.4 Å². The first-order valence-corrected chi connectivity index (χ1v) is 16.1. The third-order valence-electron chi connectivity index (χ3n) is 7.78. The Labute approximate surface area is 266 Å². The van der Waals surface area contributed by atoms with Crippen LogP contribution in [0, 0.1) is 0 Å². The van der Waals surface area contributed by atoms with Gasteiger partial charge in [0, 0.05) is 6.92 Å². The van der Waals surface area contributed by atoms with E-state index in [2.05, 4.69) is 18.3 Å². The standard InChI is InChI=1S/C33H42N2O9S/c1-3-4-5-6-7-8-9-12-21-15-16-22(31-35-23-13-10-11-14-27(23)45-31)26(17-21)43-33(32(41)42)18-24(38)28(34-20(2)37)30(44-33)29(40)25(39)19-36/h9-17,24-25,28-30,36,38-40H,3-8,18-19H2,1-2H3,(H,34,37)(H,41,42)/b12-9+/t24-,25+,28+,29+,30-,33?/m0/s1.